The van der Waals surface area contributed by atoms with Gasteiger partial charge in [-0.3, -0.25) is 4.57 Å². The Kier molecular flexibility index (Phi) is 3.86. The molecule has 4 heteroatoms. The monoisotopic (exact) mass is 438 g/mol. The zero-order valence-corrected chi connectivity index (χ0v) is 19.0. The highest BCUT2D eigenvalue weighted by Crippen LogP contribution is 2.45. The first-order chi connectivity index (χ1) is 16.6. The highest BCUT2D eigenvalue weighted by Gasteiger charge is 2.39. The van der Waals surface area contributed by atoms with Gasteiger partial charge >= 0.3 is 0 Å². The summed E-state index contributed by atoms with van der Waals surface area (Å²) in [6.07, 6.45) is 0. The minimum absolute atomic E-state index is 0.171. The molecule has 4 aromatic carbocycles. The molecule has 0 amide bonds. The van der Waals surface area contributed by atoms with Gasteiger partial charge in [-0.15, -0.1) is 0 Å². The van der Waals surface area contributed by atoms with Gasteiger partial charge in [0.15, 0.2) is 5.82 Å². The minimum Gasteiger partial charge on any atom is -0.295 e. The summed E-state index contributed by atoms with van der Waals surface area (Å²) in [6.45, 7) is 4.51. The van der Waals surface area contributed by atoms with Crippen LogP contribution < -0.4 is 0 Å². The van der Waals surface area contributed by atoms with E-state index in [4.69, 9.17) is 15.0 Å². The molecule has 4 nitrogen and oxygen atoms in total. The molecule has 1 aliphatic rings. The summed E-state index contributed by atoms with van der Waals surface area (Å²) < 4.78 is 2.32. The molecular formula is C30H22N4. The molecule has 0 saturated carbocycles. The third-order valence-corrected chi connectivity index (χ3v) is 6.95. The fourth-order valence-corrected chi connectivity index (χ4v) is 5.27. The number of rotatable bonds is 2. The molecule has 7 rings (SSSR count). The van der Waals surface area contributed by atoms with Gasteiger partial charge in [0.05, 0.1) is 33.3 Å². The average Bonchev–Trinajstić information content (AvgIpc) is 3.38. The van der Waals surface area contributed by atoms with E-state index in [2.05, 4.69) is 85.1 Å². The van der Waals surface area contributed by atoms with E-state index in [1.54, 1.807) is 0 Å². The van der Waals surface area contributed by atoms with Crippen LogP contribution in [0.2, 0.25) is 0 Å². The molecule has 3 heterocycles. The van der Waals surface area contributed by atoms with Crippen LogP contribution in [0.3, 0.4) is 0 Å². The SMILES string of the molecule is CC1(C)c2ccccc2-n2c1nc1c(-c3nc(-c4ccccc4)nc4ccccc34)cccc12. The van der Waals surface area contributed by atoms with Crippen molar-refractivity contribution in [2.45, 2.75) is 19.3 Å². The van der Waals surface area contributed by atoms with Crippen LogP contribution in [0.4, 0.5) is 0 Å². The standard InChI is InChI=1S/C30H22N4/c1-30(2)22-15-7-9-17-24(22)34-25-18-10-14-21(27(25)33-29(30)34)26-20-13-6-8-16-23(20)31-28(32-26)19-11-4-3-5-12-19/h3-18H,1-2H3. The molecule has 1 aliphatic heterocycles. The van der Waals surface area contributed by atoms with Gasteiger partial charge < -0.3 is 0 Å². The molecule has 0 aliphatic carbocycles. The van der Waals surface area contributed by atoms with Crippen molar-refractivity contribution in [1.29, 1.82) is 0 Å². The number of hydrogen-bond acceptors (Lipinski definition) is 3. The Hall–Kier alpha value is -4.31. The second-order valence-electron chi connectivity index (χ2n) is 9.37. The van der Waals surface area contributed by atoms with Gasteiger partial charge in [0.1, 0.15) is 5.82 Å². The molecule has 0 saturated heterocycles. The summed E-state index contributed by atoms with van der Waals surface area (Å²) in [4.78, 5) is 15.2. The van der Waals surface area contributed by atoms with Crippen molar-refractivity contribution < 1.29 is 0 Å². The summed E-state index contributed by atoms with van der Waals surface area (Å²) in [6, 6.07) is 33.4. The lowest BCUT2D eigenvalue weighted by molar-refractivity contribution is 0.621. The number of fused-ring (bicyclic) bond motifs is 6. The number of aromatic nitrogens is 4. The lowest BCUT2D eigenvalue weighted by atomic mass is 9.85. The Labute approximate surface area is 197 Å². The second kappa shape index (κ2) is 6.84. The van der Waals surface area contributed by atoms with Crippen molar-refractivity contribution >= 4 is 21.9 Å². The second-order valence-corrected chi connectivity index (χ2v) is 9.37. The third-order valence-electron chi connectivity index (χ3n) is 6.95. The molecule has 0 spiro atoms. The van der Waals surface area contributed by atoms with Crippen LogP contribution in [-0.2, 0) is 5.41 Å². The van der Waals surface area contributed by atoms with Crippen molar-refractivity contribution in [1.82, 2.24) is 19.5 Å². The molecule has 0 radical (unpaired) electrons. The molecule has 0 atom stereocenters. The summed E-state index contributed by atoms with van der Waals surface area (Å²) in [5.74, 6) is 1.79. The predicted octanol–water partition coefficient (Wildman–Crippen LogP) is 6.94. The van der Waals surface area contributed by atoms with E-state index in [1.165, 1.54) is 11.3 Å². The van der Waals surface area contributed by atoms with Gasteiger partial charge in [0.2, 0.25) is 0 Å². The fourth-order valence-electron chi connectivity index (χ4n) is 5.27. The Morgan fingerprint density at radius 1 is 0.676 bits per heavy atom. The Balaban J connectivity index is 1.55. The smallest absolute Gasteiger partial charge is 0.160 e. The van der Waals surface area contributed by atoms with E-state index in [0.717, 1.165) is 50.4 Å². The third kappa shape index (κ3) is 2.57. The van der Waals surface area contributed by atoms with E-state index in [-0.39, 0.29) is 5.41 Å². The molecule has 0 bridgehead atoms. The molecule has 162 valence electrons. The fraction of sp³-hybridized carbons (Fsp3) is 0.100. The van der Waals surface area contributed by atoms with E-state index in [1.807, 2.05) is 30.3 Å². The normalized spacial score (nSPS) is 13.8. The number of benzene rings is 4. The van der Waals surface area contributed by atoms with Gasteiger partial charge in [-0.05, 0) is 37.6 Å². The minimum atomic E-state index is -0.171. The lowest BCUT2D eigenvalue weighted by Gasteiger charge is -2.17. The first-order valence-electron chi connectivity index (χ1n) is 11.6. The topological polar surface area (TPSA) is 43.6 Å². The lowest BCUT2D eigenvalue weighted by Crippen LogP contribution is -2.16. The molecule has 0 N–H and O–H groups in total. The van der Waals surface area contributed by atoms with Crippen LogP contribution >= 0.6 is 0 Å². The van der Waals surface area contributed by atoms with Gasteiger partial charge in [0.25, 0.3) is 0 Å². The van der Waals surface area contributed by atoms with E-state index < -0.39 is 0 Å². The van der Waals surface area contributed by atoms with Crippen LogP contribution in [0.1, 0.15) is 25.2 Å². The maximum atomic E-state index is 5.25. The predicted molar refractivity (Wildman–Crippen MR) is 137 cm³/mol. The van der Waals surface area contributed by atoms with Crippen LogP contribution in [-0.4, -0.2) is 19.5 Å². The molecular weight excluding hydrogens is 416 g/mol. The van der Waals surface area contributed by atoms with Gasteiger partial charge in [-0.2, -0.15) is 0 Å². The summed E-state index contributed by atoms with van der Waals surface area (Å²) in [5.41, 5.74) is 8.31. The van der Waals surface area contributed by atoms with Crippen LogP contribution in [0.25, 0.3) is 50.3 Å². The van der Waals surface area contributed by atoms with Crippen molar-refractivity contribution in [3.8, 4) is 28.3 Å². The quantitative estimate of drug-likeness (QED) is 0.294. The summed E-state index contributed by atoms with van der Waals surface area (Å²) in [7, 11) is 0. The average molecular weight is 439 g/mol. The number of nitrogens with zero attached hydrogens (tertiary/aromatic N) is 4. The van der Waals surface area contributed by atoms with Crippen LogP contribution in [0.5, 0.6) is 0 Å². The highest BCUT2D eigenvalue weighted by molar-refractivity contribution is 6.02. The molecule has 6 aromatic rings. The van der Waals surface area contributed by atoms with Crippen molar-refractivity contribution in [3.05, 3.63) is 108 Å². The first kappa shape index (κ1) is 19.2. The molecule has 34 heavy (non-hydrogen) atoms. The maximum Gasteiger partial charge on any atom is 0.160 e. The number of imidazole rings is 1. The zero-order chi connectivity index (χ0) is 22.9. The van der Waals surface area contributed by atoms with Crippen molar-refractivity contribution in [2.75, 3.05) is 0 Å². The highest BCUT2D eigenvalue weighted by atomic mass is 15.1. The van der Waals surface area contributed by atoms with Crippen molar-refractivity contribution in [2.24, 2.45) is 0 Å². The van der Waals surface area contributed by atoms with E-state index >= 15 is 0 Å². The Bertz CT molecular complexity index is 1730. The van der Waals surface area contributed by atoms with E-state index in [0.29, 0.717) is 0 Å². The number of hydrogen-bond donors (Lipinski definition) is 0. The van der Waals surface area contributed by atoms with Crippen molar-refractivity contribution in [3.63, 3.8) is 0 Å². The molecule has 0 unspecified atom stereocenters. The maximum absolute atomic E-state index is 5.25. The first-order valence-corrected chi connectivity index (χ1v) is 11.6. The number of para-hydroxylation sites is 3. The Morgan fingerprint density at radius 2 is 1.44 bits per heavy atom. The van der Waals surface area contributed by atoms with Gasteiger partial charge in [-0.1, -0.05) is 78.9 Å². The Morgan fingerprint density at radius 3 is 2.32 bits per heavy atom. The summed E-state index contributed by atoms with van der Waals surface area (Å²) >= 11 is 0. The molecule has 0 fully saturated rings. The zero-order valence-electron chi connectivity index (χ0n) is 19.0. The van der Waals surface area contributed by atoms with E-state index in [9.17, 15) is 0 Å². The van der Waals surface area contributed by atoms with Gasteiger partial charge in [-0.25, -0.2) is 15.0 Å². The van der Waals surface area contributed by atoms with Gasteiger partial charge in [0, 0.05) is 16.5 Å². The van der Waals surface area contributed by atoms with Crippen LogP contribution in [0, 0.1) is 0 Å². The van der Waals surface area contributed by atoms with Crippen LogP contribution in [0.15, 0.2) is 97.1 Å². The molecule has 2 aromatic heterocycles. The summed E-state index contributed by atoms with van der Waals surface area (Å²) in [5, 5.41) is 1.03. The largest absolute Gasteiger partial charge is 0.295 e.